The lowest BCUT2D eigenvalue weighted by Gasteiger charge is -2.34. The van der Waals surface area contributed by atoms with Crippen LogP contribution in [-0.4, -0.2) is 230 Å². The van der Waals surface area contributed by atoms with E-state index in [9.17, 15) is 69.3 Å². The van der Waals surface area contributed by atoms with Crippen molar-refractivity contribution in [1.82, 2.24) is 46.6 Å². The van der Waals surface area contributed by atoms with Gasteiger partial charge < -0.3 is 97.8 Å². The minimum atomic E-state index is -2.04. The van der Waals surface area contributed by atoms with E-state index in [1.165, 1.54) is 48.6 Å². The van der Waals surface area contributed by atoms with Gasteiger partial charge in [-0.2, -0.15) is 0 Å². The quantitative estimate of drug-likeness (QED) is 0.0358. The lowest BCUT2D eigenvalue weighted by molar-refractivity contribution is -0.147. The normalized spacial score (nSPS) is 25.0. The van der Waals surface area contributed by atoms with Gasteiger partial charge in [0.2, 0.25) is 35.4 Å². The number of hydrogen-bond acceptors (Lipinski definition) is 22. The molecule has 0 aliphatic carbocycles. The number of rotatable bonds is 24. The van der Waals surface area contributed by atoms with Gasteiger partial charge in [0.25, 0.3) is 5.91 Å². The minimum absolute atomic E-state index is 0.00307. The molecule has 3 aromatic carbocycles. The number of fused-ring (bicyclic) bond motifs is 2. The molecule has 13 atom stereocenters. The van der Waals surface area contributed by atoms with Crippen molar-refractivity contribution in [2.24, 2.45) is 17.4 Å². The van der Waals surface area contributed by atoms with Crippen molar-refractivity contribution < 1.29 is 83.5 Å². The zero-order valence-corrected chi connectivity index (χ0v) is 51.5. The van der Waals surface area contributed by atoms with Gasteiger partial charge in [-0.1, -0.05) is 55.7 Å². The second-order valence-corrected chi connectivity index (χ2v) is 24.0. The zero-order valence-electron chi connectivity index (χ0n) is 50.6. The molecule has 28 nitrogen and oxygen atoms in total. The van der Waals surface area contributed by atoms with Crippen LogP contribution in [0.1, 0.15) is 87.6 Å². The predicted molar refractivity (Wildman–Crippen MR) is 327 cm³/mol. The Labute approximate surface area is 525 Å². The van der Waals surface area contributed by atoms with E-state index in [2.05, 4.69) is 36.8 Å². The van der Waals surface area contributed by atoms with Gasteiger partial charge in [-0.05, 0) is 99.8 Å². The Morgan fingerprint density at radius 2 is 1.32 bits per heavy atom. The lowest BCUT2D eigenvalue weighted by Crippen LogP contribution is -2.64. The number of carbonyl (C=O) groups excluding carboxylic acids is 7. The number of unbranched alkanes of at least 4 members (excludes halogenated alkanes) is 4. The molecule has 492 valence electrons. The molecule has 0 spiro atoms. The Kier molecular flexibility index (Phi) is 26.1. The molecule has 4 heterocycles. The molecule has 4 aromatic rings. The molecule has 90 heavy (non-hydrogen) atoms. The number of methoxy groups -OCH3 is 1. The highest BCUT2D eigenvalue weighted by atomic mass is 32.1. The first-order chi connectivity index (χ1) is 43.1. The third kappa shape index (κ3) is 18.6. The summed E-state index contributed by atoms with van der Waals surface area (Å²) in [4.78, 5) is 103. The van der Waals surface area contributed by atoms with Gasteiger partial charge >= 0.3 is 0 Å². The Morgan fingerprint density at radius 3 is 1.98 bits per heavy atom. The highest BCUT2D eigenvalue weighted by Gasteiger charge is 2.50. The van der Waals surface area contributed by atoms with Crippen LogP contribution in [0.5, 0.6) is 17.2 Å². The van der Waals surface area contributed by atoms with Crippen molar-refractivity contribution in [3.05, 3.63) is 77.9 Å². The van der Waals surface area contributed by atoms with Crippen LogP contribution < -0.4 is 47.5 Å². The van der Waals surface area contributed by atoms with Crippen LogP contribution in [0.2, 0.25) is 0 Å². The third-order valence-electron chi connectivity index (χ3n) is 16.0. The van der Waals surface area contributed by atoms with E-state index < -0.39 is 152 Å². The number of nitrogens with one attached hydrogen (secondary N) is 5. The van der Waals surface area contributed by atoms with Gasteiger partial charge in [0.15, 0.2) is 11.5 Å². The number of aromatic nitrogens is 2. The van der Waals surface area contributed by atoms with Crippen LogP contribution in [0.25, 0.3) is 21.1 Å². The van der Waals surface area contributed by atoms with E-state index in [0.29, 0.717) is 28.6 Å². The number of nitrogens with zero attached hydrogens (tertiary/aromatic N) is 4. The first kappa shape index (κ1) is 70.0. The summed E-state index contributed by atoms with van der Waals surface area (Å²) >= 11 is 1.31. The van der Waals surface area contributed by atoms with E-state index in [1.54, 1.807) is 19.2 Å². The van der Waals surface area contributed by atoms with E-state index in [0.717, 1.165) is 66.7 Å². The first-order valence-electron chi connectivity index (χ1n) is 30.3. The molecule has 0 radical (unpaired) electrons. The third-order valence-corrected chi connectivity index (χ3v) is 17.0. The molecule has 0 saturated carbocycles. The molecular formula is C61H85N11O17S. The molecule has 7 amide bonds. The maximum atomic E-state index is 14.7. The van der Waals surface area contributed by atoms with Crippen LogP contribution in [-0.2, 0) is 39.9 Å². The molecule has 3 aliphatic rings. The Balaban J connectivity index is 1.14. The van der Waals surface area contributed by atoms with Crippen molar-refractivity contribution in [3.63, 3.8) is 0 Å². The molecule has 1 unspecified atom stereocenters. The molecule has 7 rings (SSSR count). The lowest BCUT2D eigenvalue weighted by atomic mass is 9.98. The summed E-state index contributed by atoms with van der Waals surface area (Å²) in [5, 5.41) is 101. The summed E-state index contributed by atoms with van der Waals surface area (Å²) < 4.78 is 16.7. The highest BCUT2D eigenvalue weighted by molar-refractivity contribution is 7.17. The average molecular weight is 1280 g/mol. The van der Waals surface area contributed by atoms with Crippen molar-refractivity contribution >= 4 is 52.7 Å². The molecule has 3 aliphatic heterocycles. The summed E-state index contributed by atoms with van der Waals surface area (Å²) in [5.74, 6) is -7.87. The van der Waals surface area contributed by atoms with Crippen molar-refractivity contribution in [1.29, 1.82) is 0 Å². The van der Waals surface area contributed by atoms with Crippen molar-refractivity contribution in [3.8, 4) is 38.4 Å². The zero-order chi connectivity index (χ0) is 65.2. The van der Waals surface area contributed by atoms with E-state index in [1.807, 2.05) is 24.3 Å². The van der Waals surface area contributed by atoms with Gasteiger partial charge in [0, 0.05) is 75.2 Å². The second-order valence-electron chi connectivity index (χ2n) is 23.0. The summed E-state index contributed by atoms with van der Waals surface area (Å²) in [6, 6.07) is 6.75. The Morgan fingerprint density at radius 1 is 0.700 bits per heavy atom. The monoisotopic (exact) mass is 1280 g/mol. The number of phenolic OH excluding ortho intramolecular Hbond substituents is 1. The average Bonchev–Trinajstić information content (AvgIpc) is 1.79. The van der Waals surface area contributed by atoms with E-state index in [4.69, 9.17) is 25.7 Å². The largest absolute Gasteiger partial charge is 0.504 e. The SMILES string of the molecule is COCCCCCCCOc1ccc(-c2nnc(-c3ccc(C(=O)NC4C[C@@H](O)CNC(=O)[C@@H]5[C@@H](O)[C@@H](C)CN5C(=O)[C@H]([C@H](O)CCN)NC(=O)[C@H]([C@H](O)Cc5ccc(O)c(OCCCN)c5)NC(=O)[C@@H]5C[C@@H](O)CN5C(=O)[C@H]([C@@H](C)O)NC4=O)cc3)s2)cc1. The van der Waals surface area contributed by atoms with Gasteiger partial charge in [-0.3, -0.25) is 33.6 Å². The molecule has 16 N–H and O–H groups in total. The predicted octanol–water partition coefficient (Wildman–Crippen LogP) is -1.42. The number of aliphatic hydroxyl groups excluding tert-OH is 6. The summed E-state index contributed by atoms with van der Waals surface area (Å²) in [6.45, 7) is 2.75. The fourth-order valence-corrected chi connectivity index (χ4v) is 11.8. The van der Waals surface area contributed by atoms with Gasteiger partial charge in [-0.25, -0.2) is 0 Å². The summed E-state index contributed by atoms with van der Waals surface area (Å²) in [7, 11) is 1.70. The number of aliphatic hydroxyl groups is 6. The number of aromatic hydroxyl groups is 1. The number of β-amino-alcohol motifs (C(OH)–C–C–N with tert-alkyl or cyclic N) is 1. The number of hydrogen-bond donors (Lipinski definition) is 14. The molecular weight excluding hydrogens is 1190 g/mol. The molecule has 29 heteroatoms. The van der Waals surface area contributed by atoms with E-state index in [-0.39, 0.29) is 55.3 Å². The fraction of sp³-hybridized carbons (Fsp3) is 0.557. The number of phenols is 1. The first-order valence-corrected chi connectivity index (χ1v) is 31.1. The smallest absolute Gasteiger partial charge is 0.251 e. The number of nitrogens with two attached hydrogens (primary N) is 2. The van der Waals surface area contributed by atoms with Crippen molar-refractivity contribution in [2.75, 3.05) is 59.7 Å². The maximum absolute atomic E-state index is 14.7. The highest BCUT2D eigenvalue weighted by Crippen LogP contribution is 2.33. The number of carbonyl (C=O) groups is 7. The summed E-state index contributed by atoms with van der Waals surface area (Å²) in [5.41, 5.74) is 13.1. The molecule has 0 bridgehead atoms. The minimum Gasteiger partial charge on any atom is -0.504 e. The van der Waals surface area contributed by atoms with Crippen LogP contribution in [0.15, 0.2) is 66.7 Å². The standard InChI is InChI=1S/C61H85N11O17S/c1-33-31-72-51(52(33)79)57(84)64-30-39(74)28-42(65-53(80)36-11-13-37(14-12-36)58-69-70-59(90-58)38-15-17-41(18-16-38)88-24-8-6-4-5-7-23-87-3)54(81)66-48(34(2)73)60(85)71-32-40(75)29-43(71)55(82)67-49(56(83)68-50(61(72)86)45(77)20-22-63)46(78)26-35-10-19-44(76)47(27-35)89-25-9-21-62/h10-19,27,33-34,39-40,42-43,45-46,48-52,73-79H,4-9,20-26,28-32,62-63H2,1-3H3,(H,64,84)(H,65,80)(H,66,81)(H,67,82)(H,68,83)/t33-,34+,39+,40+,42?,43-,45+,46+,48-,49-,50-,51-,52-/m0/s1. The van der Waals surface area contributed by atoms with Gasteiger partial charge in [0.05, 0.1) is 49.8 Å². The van der Waals surface area contributed by atoms with E-state index >= 15 is 0 Å². The van der Waals surface area contributed by atoms with Crippen molar-refractivity contribution in [2.45, 2.75) is 151 Å². The van der Waals surface area contributed by atoms with Crippen LogP contribution in [0, 0.1) is 5.92 Å². The number of benzene rings is 3. The second kappa shape index (κ2) is 33.6. The maximum Gasteiger partial charge on any atom is 0.251 e. The molecule has 1 aromatic heterocycles. The number of ether oxygens (including phenoxy) is 3. The Bertz CT molecular complexity index is 3050. The van der Waals surface area contributed by atoms with Crippen LogP contribution in [0.3, 0.4) is 0 Å². The topological polar surface area (TPSA) is 433 Å². The summed E-state index contributed by atoms with van der Waals surface area (Å²) in [6.07, 6.45) is -6.16. The Hall–Kier alpha value is -7.45. The van der Waals surface area contributed by atoms with Crippen LogP contribution >= 0.6 is 11.3 Å². The van der Waals surface area contributed by atoms with Gasteiger partial charge in [-0.15, -0.1) is 10.2 Å². The molecule has 3 saturated heterocycles. The number of amides is 7. The van der Waals surface area contributed by atoms with Crippen LogP contribution in [0.4, 0.5) is 0 Å². The fourth-order valence-electron chi connectivity index (χ4n) is 10.9. The van der Waals surface area contributed by atoms with Gasteiger partial charge in [0.1, 0.15) is 52.0 Å². The molecule has 3 fully saturated rings.